The maximum atomic E-state index is 2.46. The molecule has 0 saturated carbocycles. The normalized spacial score (nSPS) is 12.6. The van der Waals surface area contributed by atoms with Crippen molar-refractivity contribution in [2.45, 2.75) is 33.1 Å². The second-order valence-electron chi connectivity index (χ2n) is 18.8. The van der Waals surface area contributed by atoms with E-state index in [0.717, 1.165) is 17.1 Å². The molecule has 0 unspecified atom stereocenters. The Bertz CT molecular complexity index is 3630. The summed E-state index contributed by atoms with van der Waals surface area (Å²) in [6.07, 6.45) is 0. The minimum atomic E-state index is -0.154. The van der Waals surface area contributed by atoms with E-state index in [2.05, 4.69) is 268 Å². The highest BCUT2D eigenvalue weighted by atomic mass is 15.1. The van der Waals surface area contributed by atoms with Crippen LogP contribution in [0.3, 0.4) is 0 Å². The Morgan fingerprint density at radius 1 is 0.343 bits per heavy atom. The topological polar surface area (TPSA) is 8.17 Å². The molecule has 10 aromatic carbocycles. The lowest BCUT2D eigenvalue weighted by atomic mass is 9.81. The van der Waals surface area contributed by atoms with Crippen LogP contribution < -0.4 is 4.90 Å². The lowest BCUT2D eigenvalue weighted by molar-refractivity contribution is 0.660. The first-order valence-electron chi connectivity index (χ1n) is 23.4. The molecule has 0 radical (unpaired) electrons. The van der Waals surface area contributed by atoms with Gasteiger partial charge in [0.05, 0.1) is 16.7 Å². The molecule has 1 aliphatic rings. The van der Waals surface area contributed by atoms with E-state index in [1.54, 1.807) is 0 Å². The maximum absolute atomic E-state index is 2.46. The minimum Gasteiger partial charge on any atom is -0.310 e. The summed E-state index contributed by atoms with van der Waals surface area (Å²) < 4.78 is 2.46. The number of rotatable bonds is 8. The molecule has 0 atom stereocenters. The predicted octanol–water partition coefficient (Wildman–Crippen LogP) is 17.8. The van der Waals surface area contributed by atoms with E-state index >= 15 is 0 Å². The van der Waals surface area contributed by atoms with E-state index in [9.17, 15) is 0 Å². The zero-order chi connectivity index (χ0) is 45.2. The van der Waals surface area contributed by atoms with Gasteiger partial charge in [-0.3, -0.25) is 0 Å². The number of fused-ring (bicyclic) bond motifs is 6. The molecule has 0 fully saturated rings. The summed E-state index contributed by atoms with van der Waals surface area (Å²) in [5, 5.41) is 2.50. The Morgan fingerprint density at radius 2 is 0.851 bits per heavy atom. The number of hydrogen-bond acceptors (Lipinski definition) is 1. The van der Waals surface area contributed by atoms with Gasteiger partial charge in [-0.15, -0.1) is 0 Å². The third kappa shape index (κ3) is 6.96. The van der Waals surface area contributed by atoms with Gasteiger partial charge >= 0.3 is 0 Å². The van der Waals surface area contributed by atoms with Gasteiger partial charge in [-0.25, -0.2) is 0 Å². The number of aryl methyl sites for hydroxylation is 2. The molecule has 1 aromatic heterocycles. The standard InChI is InChI=1S/C65H50N2/c1-43-37-44(2)39-51(38-43)50-27-34-56-57-35-33-54(42-61(57)65(3,4)60(56)41-50)67-63-22-14-12-20-58(63)59-40-49(28-36-64(59)67)47-25-31-53(32-26-47)66(52-29-23-46(24-30-52)45-15-7-5-8-16-45)62-21-13-11-19-55(62)48-17-9-6-10-18-48/h5-42H,1-4H3. The minimum absolute atomic E-state index is 0.154. The first-order chi connectivity index (χ1) is 32.8. The van der Waals surface area contributed by atoms with Gasteiger partial charge in [0.25, 0.3) is 0 Å². The summed E-state index contributed by atoms with van der Waals surface area (Å²) >= 11 is 0. The molecule has 0 amide bonds. The lowest BCUT2D eigenvalue weighted by Crippen LogP contribution is -2.15. The third-order valence-electron chi connectivity index (χ3n) is 14.1. The van der Waals surface area contributed by atoms with Crippen molar-refractivity contribution in [1.29, 1.82) is 0 Å². The fourth-order valence-corrected chi connectivity index (χ4v) is 10.8. The SMILES string of the molecule is Cc1cc(C)cc(-c2ccc3c(c2)C(C)(C)c2cc(-n4c5ccccc5c5cc(-c6ccc(N(c7ccc(-c8ccccc8)cc7)c7ccccc7-c7ccccc7)cc6)ccc54)ccc2-3)c1. The van der Waals surface area contributed by atoms with Crippen molar-refractivity contribution in [2.75, 3.05) is 4.90 Å². The van der Waals surface area contributed by atoms with Crippen molar-refractivity contribution >= 4 is 38.9 Å². The zero-order valence-electron chi connectivity index (χ0n) is 38.3. The molecule has 1 aliphatic carbocycles. The molecule has 0 aliphatic heterocycles. The summed E-state index contributed by atoms with van der Waals surface area (Å²) in [5.74, 6) is 0. The Balaban J connectivity index is 0.915. The van der Waals surface area contributed by atoms with Crippen molar-refractivity contribution in [3.8, 4) is 61.3 Å². The van der Waals surface area contributed by atoms with Gasteiger partial charge in [0.1, 0.15) is 0 Å². The fourth-order valence-electron chi connectivity index (χ4n) is 10.8. The molecule has 2 nitrogen and oxygen atoms in total. The molecule has 0 N–H and O–H groups in total. The average molecular weight is 859 g/mol. The molecule has 12 rings (SSSR count). The number of hydrogen-bond donors (Lipinski definition) is 0. The monoisotopic (exact) mass is 858 g/mol. The highest BCUT2D eigenvalue weighted by Crippen LogP contribution is 2.51. The van der Waals surface area contributed by atoms with Crippen molar-refractivity contribution in [3.05, 3.63) is 253 Å². The molecule has 0 bridgehead atoms. The van der Waals surface area contributed by atoms with Gasteiger partial charge in [-0.2, -0.15) is 0 Å². The summed E-state index contributed by atoms with van der Waals surface area (Å²) in [5.41, 5.74) is 24.5. The number of aromatic nitrogens is 1. The average Bonchev–Trinajstić information content (AvgIpc) is 3.82. The van der Waals surface area contributed by atoms with Crippen LogP contribution in [0.2, 0.25) is 0 Å². The van der Waals surface area contributed by atoms with Crippen LogP contribution >= 0.6 is 0 Å². The molecule has 320 valence electrons. The highest BCUT2D eigenvalue weighted by Gasteiger charge is 2.36. The molecule has 11 aromatic rings. The van der Waals surface area contributed by atoms with Crippen molar-refractivity contribution < 1.29 is 0 Å². The molecular formula is C65H50N2. The van der Waals surface area contributed by atoms with E-state index < -0.39 is 0 Å². The smallest absolute Gasteiger partial charge is 0.0541 e. The largest absolute Gasteiger partial charge is 0.310 e. The van der Waals surface area contributed by atoms with Crippen LogP contribution in [0, 0.1) is 13.8 Å². The Kier molecular flexibility index (Phi) is 9.66. The van der Waals surface area contributed by atoms with Gasteiger partial charge in [-0.1, -0.05) is 189 Å². The first kappa shape index (κ1) is 40.3. The fraction of sp³-hybridized carbons (Fsp3) is 0.0769. The van der Waals surface area contributed by atoms with Gasteiger partial charge in [0.15, 0.2) is 0 Å². The van der Waals surface area contributed by atoms with E-state index in [1.807, 2.05) is 0 Å². The van der Waals surface area contributed by atoms with Crippen molar-refractivity contribution in [3.63, 3.8) is 0 Å². The van der Waals surface area contributed by atoms with Crippen LogP contribution in [0.4, 0.5) is 17.1 Å². The quantitative estimate of drug-likeness (QED) is 0.148. The van der Waals surface area contributed by atoms with Crippen LogP contribution in [-0.2, 0) is 5.41 Å². The summed E-state index contributed by atoms with van der Waals surface area (Å²) in [4.78, 5) is 2.39. The van der Waals surface area contributed by atoms with Gasteiger partial charge in [-0.05, 0) is 142 Å². The number of para-hydroxylation sites is 2. The molecule has 0 spiro atoms. The van der Waals surface area contributed by atoms with E-state index in [1.165, 1.54) is 105 Å². The van der Waals surface area contributed by atoms with E-state index in [4.69, 9.17) is 0 Å². The molecule has 0 saturated heterocycles. The maximum Gasteiger partial charge on any atom is 0.0541 e. The third-order valence-corrected chi connectivity index (χ3v) is 14.1. The summed E-state index contributed by atoms with van der Waals surface area (Å²) in [6, 6.07) is 84.9. The zero-order valence-corrected chi connectivity index (χ0v) is 38.3. The van der Waals surface area contributed by atoms with Crippen LogP contribution in [0.1, 0.15) is 36.1 Å². The number of benzene rings is 10. The van der Waals surface area contributed by atoms with Gasteiger partial charge < -0.3 is 9.47 Å². The Morgan fingerprint density at radius 3 is 1.55 bits per heavy atom. The second-order valence-corrected chi connectivity index (χ2v) is 18.8. The Labute approximate surface area is 393 Å². The van der Waals surface area contributed by atoms with Crippen LogP contribution in [0.25, 0.3) is 83.1 Å². The van der Waals surface area contributed by atoms with Gasteiger partial charge in [0.2, 0.25) is 0 Å². The Hall–Kier alpha value is -8.20. The van der Waals surface area contributed by atoms with E-state index in [-0.39, 0.29) is 5.41 Å². The molecule has 1 heterocycles. The lowest BCUT2D eigenvalue weighted by Gasteiger charge is -2.28. The summed E-state index contributed by atoms with van der Waals surface area (Å²) in [7, 11) is 0. The second kappa shape index (κ2) is 16.0. The molecule has 67 heavy (non-hydrogen) atoms. The van der Waals surface area contributed by atoms with E-state index in [0.29, 0.717) is 0 Å². The highest BCUT2D eigenvalue weighted by molar-refractivity contribution is 6.10. The van der Waals surface area contributed by atoms with Crippen LogP contribution in [0.15, 0.2) is 231 Å². The number of nitrogens with zero attached hydrogens (tertiary/aromatic N) is 2. The van der Waals surface area contributed by atoms with Gasteiger partial charge in [0, 0.05) is 38.8 Å². The first-order valence-corrected chi connectivity index (χ1v) is 23.4. The number of anilines is 3. The molecule has 2 heteroatoms. The predicted molar refractivity (Wildman–Crippen MR) is 284 cm³/mol. The molecular weight excluding hydrogens is 809 g/mol. The van der Waals surface area contributed by atoms with Crippen LogP contribution in [-0.4, -0.2) is 4.57 Å². The van der Waals surface area contributed by atoms with Crippen molar-refractivity contribution in [1.82, 2.24) is 4.57 Å². The summed E-state index contributed by atoms with van der Waals surface area (Å²) in [6.45, 7) is 9.15. The van der Waals surface area contributed by atoms with Crippen molar-refractivity contribution in [2.24, 2.45) is 0 Å². The van der Waals surface area contributed by atoms with Crippen LogP contribution in [0.5, 0.6) is 0 Å².